The van der Waals surface area contributed by atoms with Crippen LogP contribution in [0, 0.1) is 0 Å². The summed E-state index contributed by atoms with van der Waals surface area (Å²) in [6.45, 7) is 8.26. The van der Waals surface area contributed by atoms with Gasteiger partial charge in [0.2, 0.25) is 0 Å². The summed E-state index contributed by atoms with van der Waals surface area (Å²) in [5.41, 5.74) is 3.67. The molecule has 0 aliphatic heterocycles. The third kappa shape index (κ3) is 3.58. The van der Waals surface area contributed by atoms with Crippen molar-refractivity contribution in [1.29, 1.82) is 0 Å². The van der Waals surface area contributed by atoms with Gasteiger partial charge >= 0.3 is 0 Å². The molecule has 0 unspecified atom stereocenters. The Bertz CT molecular complexity index is 523. The number of rotatable bonds is 6. The van der Waals surface area contributed by atoms with E-state index in [-0.39, 0.29) is 0 Å². The first-order valence-electron chi connectivity index (χ1n) is 7.21. The lowest BCUT2D eigenvalue weighted by Crippen LogP contribution is -2.24. The van der Waals surface area contributed by atoms with Crippen LogP contribution in [-0.2, 0) is 6.54 Å². The second-order valence-corrected chi connectivity index (χ2v) is 5.12. The van der Waals surface area contributed by atoms with E-state index in [9.17, 15) is 0 Å². The summed E-state index contributed by atoms with van der Waals surface area (Å²) in [4.78, 5) is 6.59. The van der Waals surface area contributed by atoms with Crippen molar-refractivity contribution in [3.63, 3.8) is 0 Å². The van der Waals surface area contributed by atoms with Crippen LogP contribution in [0.3, 0.4) is 0 Å². The predicted octanol–water partition coefficient (Wildman–Crippen LogP) is 3.74. The summed E-state index contributed by atoms with van der Waals surface area (Å²) < 4.78 is 0. The van der Waals surface area contributed by atoms with E-state index < -0.39 is 0 Å². The number of nitrogens with one attached hydrogen (secondary N) is 1. The smallest absolute Gasteiger partial charge is 0.0487 e. The van der Waals surface area contributed by atoms with E-state index in [1.54, 1.807) is 0 Å². The zero-order valence-electron chi connectivity index (χ0n) is 12.5. The third-order valence-corrected chi connectivity index (χ3v) is 3.25. The van der Waals surface area contributed by atoms with Gasteiger partial charge in [-0.1, -0.05) is 32.0 Å². The maximum absolute atomic E-state index is 4.27. The Morgan fingerprint density at radius 2 is 1.90 bits per heavy atom. The van der Waals surface area contributed by atoms with Gasteiger partial charge in [-0.15, -0.1) is 0 Å². The molecule has 0 amide bonds. The van der Waals surface area contributed by atoms with E-state index in [1.807, 2.05) is 18.5 Å². The van der Waals surface area contributed by atoms with E-state index in [0.29, 0.717) is 6.04 Å². The van der Waals surface area contributed by atoms with Crippen molar-refractivity contribution in [2.75, 3.05) is 11.4 Å². The van der Waals surface area contributed by atoms with Gasteiger partial charge in [0, 0.05) is 48.5 Å². The number of anilines is 2. The monoisotopic (exact) mass is 269 g/mol. The molecule has 0 radical (unpaired) electrons. The minimum atomic E-state index is 0.467. The SMILES string of the molecule is CCN(c1ccccc1)c1ccncc1CNC(C)C. The average Bonchev–Trinajstić information content (AvgIpc) is 2.48. The summed E-state index contributed by atoms with van der Waals surface area (Å²) in [5, 5.41) is 3.47. The van der Waals surface area contributed by atoms with Crippen LogP contribution >= 0.6 is 0 Å². The van der Waals surface area contributed by atoms with Gasteiger partial charge in [0.05, 0.1) is 0 Å². The highest BCUT2D eigenvalue weighted by Gasteiger charge is 2.11. The van der Waals surface area contributed by atoms with Crippen molar-refractivity contribution >= 4 is 11.4 Å². The van der Waals surface area contributed by atoms with Crippen LogP contribution in [-0.4, -0.2) is 17.6 Å². The molecule has 20 heavy (non-hydrogen) atoms. The molecule has 0 spiro atoms. The molecular formula is C17H23N3. The molecule has 0 aliphatic rings. The summed E-state index contributed by atoms with van der Waals surface area (Å²) >= 11 is 0. The van der Waals surface area contributed by atoms with Crippen LogP contribution in [0.15, 0.2) is 48.8 Å². The number of pyridine rings is 1. The topological polar surface area (TPSA) is 28.2 Å². The molecule has 2 rings (SSSR count). The first-order valence-corrected chi connectivity index (χ1v) is 7.21. The zero-order valence-corrected chi connectivity index (χ0v) is 12.5. The van der Waals surface area contributed by atoms with E-state index in [4.69, 9.17) is 0 Å². The molecule has 0 atom stereocenters. The van der Waals surface area contributed by atoms with Crippen molar-refractivity contribution in [2.24, 2.45) is 0 Å². The van der Waals surface area contributed by atoms with E-state index in [1.165, 1.54) is 16.9 Å². The first kappa shape index (κ1) is 14.5. The van der Waals surface area contributed by atoms with Crippen molar-refractivity contribution < 1.29 is 0 Å². The highest BCUT2D eigenvalue weighted by Crippen LogP contribution is 2.27. The molecule has 0 fully saturated rings. The number of hydrogen-bond donors (Lipinski definition) is 1. The van der Waals surface area contributed by atoms with Gasteiger partial charge in [0.25, 0.3) is 0 Å². The summed E-state index contributed by atoms with van der Waals surface area (Å²) in [5.74, 6) is 0. The molecule has 3 nitrogen and oxygen atoms in total. The quantitative estimate of drug-likeness (QED) is 0.866. The van der Waals surface area contributed by atoms with E-state index in [2.05, 4.69) is 66.3 Å². The average molecular weight is 269 g/mol. The van der Waals surface area contributed by atoms with Crippen LogP contribution in [0.25, 0.3) is 0 Å². The van der Waals surface area contributed by atoms with Crippen molar-refractivity contribution in [3.8, 4) is 0 Å². The fourth-order valence-electron chi connectivity index (χ4n) is 2.23. The number of aromatic nitrogens is 1. The molecule has 0 aliphatic carbocycles. The Kier molecular flexibility index (Phi) is 5.13. The van der Waals surface area contributed by atoms with Crippen LogP contribution in [0.2, 0.25) is 0 Å². The molecule has 0 bridgehead atoms. The third-order valence-electron chi connectivity index (χ3n) is 3.25. The Balaban J connectivity index is 2.30. The molecule has 1 aromatic heterocycles. The Morgan fingerprint density at radius 1 is 1.15 bits per heavy atom. The highest BCUT2D eigenvalue weighted by molar-refractivity contribution is 5.65. The molecule has 0 saturated carbocycles. The fourth-order valence-corrected chi connectivity index (χ4v) is 2.23. The predicted molar refractivity (Wildman–Crippen MR) is 85.3 cm³/mol. The van der Waals surface area contributed by atoms with Crippen molar-refractivity contribution in [2.45, 2.75) is 33.4 Å². The number of benzene rings is 1. The standard InChI is InChI=1S/C17H23N3/c1-4-20(16-8-6-5-7-9-16)17-10-11-18-12-15(17)13-19-14(2)3/h5-12,14,19H,4,13H2,1-3H3. The van der Waals surface area contributed by atoms with Crippen LogP contribution in [0.5, 0.6) is 0 Å². The van der Waals surface area contributed by atoms with Crippen LogP contribution in [0.1, 0.15) is 26.3 Å². The van der Waals surface area contributed by atoms with Gasteiger partial charge in [0.1, 0.15) is 0 Å². The largest absolute Gasteiger partial charge is 0.341 e. The molecule has 1 aromatic carbocycles. The van der Waals surface area contributed by atoms with Crippen molar-refractivity contribution in [1.82, 2.24) is 10.3 Å². The lowest BCUT2D eigenvalue weighted by molar-refractivity contribution is 0.588. The van der Waals surface area contributed by atoms with Gasteiger partial charge in [-0.3, -0.25) is 4.98 Å². The maximum Gasteiger partial charge on any atom is 0.0487 e. The number of hydrogen-bond acceptors (Lipinski definition) is 3. The second-order valence-electron chi connectivity index (χ2n) is 5.12. The molecule has 106 valence electrons. The Labute approximate surface area is 121 Å². The van der Waals surface area contributed by atoms with Crippen molar-refractivity contribution in [3.05, 3.63) is 54.4 Å². The first-order chi connectivity index (χ1) is 9.72. The summed E-state index contributed by atoms with van der Waals surface area (Å²) in [6.07, 6.45) is 3.82. The molecule has 2 aromatic rings. The summed E-state index contributed by atoms with van der Waals surface area (Å²) in [6, 6.07) is 13.0. The van der Waals surface area contributed by atoms with E-state index >= 15 is 0 Å². The maximum atomic E-state index is 4.27. The fraction of sp³-hybridized carbons (Fsp3) is 0.353. The molecule has 1 N–H and O–H groups in total. The van der Waals surface area contributed by atoms with Gasteiger partial charge in [-0.25, -0.2) is 0 Å². The molecule has 0 saturated heterocycles. The highest BCUT2D eigenvalue weighted by atomic mass is 15.1. The molecular weight excluding hydrogens is 246 g/mol. The van der Waals surface area contributed by atoms with Crippen LogP contribution in [0.4, 0.5) is 11.4 Å². The van der Waals surface area contributed by atoms with E-state index in [0.717, 1.165) is 13.1 Å². The normalized spacial score (nSPS) is 10.8. The minimum absolute atomic E-state index is 0.467. The minimum Gasteiger partial charge on any atom is -0.341 e. The number of para-hydroxylation sites is 1. The zero-order chi connectivity index (χ0) is 14.4. The van der Waals surface area contributed by atoms with Gasteiger partial charge in [-0.2, -0.15) is 0 Å². The van der Waals surface area contributed by atoms with Crippen LogP contribution < -0.4 is 10.2 Å². The van der Waals surface area contributed by atoms with Gasteiger partial charge in [-0.05, 0) is 25.1 Å². The Morgan fingerprint density at radius 3 is 2.55 bits per heavy atom. The van der Waals surface area contributed by atoms with Gasteiger partial charge in [0.15, 0.2) is 0 Å². The van der Waals surface area contributed by atoms with Gasteiger partial charge < -0.3 is 10.2 Å². The lowest BCUT2D eigenvalue weighted by atomic mass is 10.1. The number of nitrogens with zero attached hydrogens (tertiary/aromatic N) is 2. The molecule has 3 heteroatoms. The Hall–Kier alpha value is -1.87. The summed E-state index contributed by atoms with van der Waals surface area (Å²) in [7, 11) is 0. The lowest BCUT2D eigenvalue weighted by Gasteiger charge is -2.26. The second kappa shape index (κ2) is 7.06. The molecule has 1 heterocycles.